The van der Waals surface area contributed by atoms with E-state index in [1.807, 2.05) is 20.8 Å². The molecule has 41 heavy (non-hydrogen) atoms. The van der Waals surface area contributed by atoms with Crippen LogP contribution in [0, 0.1) is 6.92 Å². The number of sulfonamides is 1. The minimum atomic E-state index is -4.22. The number of carbonyl (C=O) groups excluding carboxylic acids is 2. The fourth-order valence-corrected chi connectivity index (χ4v) is 5.79. The van der Waals surface area contributed by atoms with Crippen molar-refractivity contribution in [1.29, 1.82) is 0 Å². The SMILES string of the molecule is COc1cccc(CN(C(=O)CN(c2ccc(OC)c(Cl)c2)S(=O)(=O)c2ccc(C)cc2)C(C)C(=O)NC(C)C)c1. The van der Waals surface area contributed by atoms with Crippen LogP contribution in [0.5, 0.6) is 11.5 Å². The molecule has 0 fully saturated rings. The van der Waals surface area contributed by atoms with Crippen LogP contribution in [0.15, 0.2) is 71.6 Å². The van der Waals surface area contributed by atoms with Crippen molar-refractivity contribution < 1.29 is 27.5 Å². The Balaban J connectivity index is 2.07. The van der Waals surface area contributed by atoms with Gasteiger partial charge < -0.3 is 19.7 Å². The summed E-state index contributed by atoms with van der Waals surface area (Å²) in [5.41, 5.74) is 1.76. The van der Waals surface area contributed by atoms with Gasteiger partial charge in [0, 0.05) is 12.6 Å². The third-order valence-corrected chi connectivity index (χ3v) is 8.48. The zero-order valence-electron chi connectivity index (χ0n) is 24.0. The Morgan fingerprint density at radius 2 is 1.63 bits per heavy atom. The number of carbonyl (C=O) groups is 2. The summed E-state index contributed by atoms with van der Waals surface area (Å²) in [5.74, 6) is -0.00257. The molecular formula is C30H36ClN3O6S. The lowest BCUT2D eigenvalue weighted by atomic mass is 10.1. The predicted molar refractivity (Wildman–Crippen MR) is 160 cm³/mol. The van der Waals surface area contributed by atoms with Crippen molar-refractivity contribution in [3.8, 4) is 11.5 Å². The van der Waals surface area contributed by atoms with E-state index in [0.29, 0.717) is 17.1 Å². The summed E-state index contributed by atoms with van der Waals surface area (Å²) in [5, 5.41) is 3.01. The number of benzene rings is 3. The molecule has 11 heteroatoms. The summed E-state index contributed by atoms with van der Waals surface area (Å²) in [6, 6.07) is 16.9. The van der Waals surface area contributed by atoms with Crippen molar-refractivity contribution in [1.82, 2.24) is 10.2 Å². The third kappa shape index (κ3) is 7.92. The Labute approximate surface area is 247 Å². The van der Waals surface area contributed by atoms with Crippen molar-refractivity contribution in [2.24, 2.45) is 0 Å². The van der Waals surface area contributed by atoms with Gasteiger partial charge in [-0.25, -0.2) is 8.42 Å². The Morgan fingerprint density at radius 3 is 2.22 bits per heavy atom. The van der Waals surface area contributed by atoms with Crippen LogP contribution in [0.1, 0.15) is 31.9 Å². The summed E-state index contributed by atoms with van der Waals surface area (Å²) in [6.45, 7) is 6.57. The first-order chi connectivity index (χ1) is 19.4. The van der Waals surface area contributed by atoms with Gasteiger partial charge in [-0.2, -0.15) is 0 Å². The van der Waals surface area contributed by atoms with E-state index in [-0.39, 0.29) is 34.1 Å². The van der Waals surface area contributed by atoms with E-state index >= 15 is 0 Å². The number of nitrogens with one attached hydrogen (secondary N) is 1. The second kappa shape index (κ2) is 13.7. The van der Waals surface area contributed by atoms with Crippen molar-refractivity contribution >= 4 is 39.1 Å². The van der Waals surface area contributed by atoms with Gasteiger partial charge in [0.25, 0.3) is 10.0 Å². The van der Waals surface area contributed by atoms with Crippen molar-refractivity contribution in [2.45, 2.75) is 51.2 Å². The van der Waals surface area contributed by atoms with Crippen LogP contribution in [-0.4, -0.2) is 58.0 Å². The van der Waals surface area contributed by atoms with Crippen LogP contribution in [0.3, 0.4) is 0 Å². The third-order valence-electron chi connectivity index (χ3n) is 6.40. The highest BCUT2D eigenvalue weighted by atomic mass is 35.5. The van der Waals surface area contributed by atoms with Gasteiger partial charge in [-0.1, -0.05) is 41.4 Å². The molecule has 0 aliphatic rings. The average Bonchev–Trinajstić information content (AvgIpc) is 2.94. The van der Waals surface area contributed by atoms with Crippen molar-refractivity contribution in [2.75, 3.05) is 25.1 Å². The number of halogens is 1. The van der Waals surface area contributed by atoms with Gasteiger partial charge in [0.05, 0.1) is 29.8 Å². The topological polar surface area (TPSA) is 105 Å². The van der Waals surface area contributed by atoms with Crippen molar-refractivity contribution in [3.05, 3.63) is 82.9 Å². The molecule has 1 unspecified atom stereocenters. The molecule has 0 saturated carbocycles. The monoisotopic (exact) mass is 601 g/mol. The first-order valence-corrected chi connectivity index (χ1v) is 14.8. The largest absolute Gasteiger partial charge is 0.497 e. The highest BCUT2D eigenvalue weighted by molar-refractivity contribution is 7.92. The molecule has 0 bridgehead atoms. The van der Waals surface area contributed by atoms with Crippen LogP contribution in [0.4, 0.5) is 5.69 Å². The van der Waals surface area contributed by atoms with E-state index in [0.717, 1.165) is 9.87 Å². The predicted octanol–water partition coefficient (Wildman–Crippen LogP) is 4.80. The molecule has 1 N–H and O–H groups in total. The van der Waals surface area contributed by atoms with E-state index in [4.69, 9.17) is 21.1 Å². The molecule has 0 aliphatic carbocycles. The Bertz CT molecular complexity index is 1480. The number of ether oxygens (including phenoxy) is 2. The fraction of sp³-hybridized carbons (Fsp3) is 0.333. The minimum absolute atomic E-state index is 0.00721. The standard InChI is InChI=1S/C30H36ClN3O6S/c1-20(2)32-30(36)22(4)33(18-23-8-7-9-25(16-23)39-5)29(35)19-34(24-12-15-28(40-6)27(31)17-24)41(37,38)26-13-10-21(3)11-14-26/h7-17,20,22H,18-19H2,1-6H3,(H,32,36). The maximum absolute atomic E-state index is 14.0. The zero-order chi connectivity index (χ0) is 30.3. The zero-order valence-corrected chi connectivity index (χ0v) is 25.6. The van der Waals surface area contributed by atoms with Gasteiger partial charge in [-0.15, -0.1) is 0 Å². The molecule has 0 aromatic heterocycles. The highest BCUT2D eigenvalue weighted by Gasteiger charge is 2.33. The highest BCUT2D eigenvalue weighted by Crippen LogP contribution is 2.32. The lowest BCUT2D eigenvalue weighted by Crippen LogP contribution is -2.52. The van der Waals surface area contributed by atoms with Gasteiger partial charge in [0.15, 0.2) is 0 Å². The number of aryl methyl sites for hydroxylation is 1. The molecule has 1 atom stereocenters. The first kappa shape index (κ1) is 31.8. The van der Waals surface area contributed by atoms with E-state index in [1.54, 1.807) is 43.3 Å². The normalized spacial score (nSPS) is 12.0. The second-order valence-corrected chi connectivity index (χ2v) is 12.1. The molecule has 2 amide bonds. The number of methoxy groups -OCH3 is 2. The minimum Gasteiger partial charge on any atom is -0.497 e. The number of rotatable bonds is 12. The molecule has 9 nitrogen and oxygen atoms in total. The lowest BCUT2D eigenvalue weighted by molar-refractivity contribution is -0.139. The molecule has 3 aromatic rings. The number of hydrogen-bond acceptors (Lipinski definition) is 6. The molecular weight excluding hydrogens is 566 g/mol. The van der Waals surface area contributed by atoms with Gasteiger partial charge in [-0.05, 0) is 75.7 Å². The number of nitrogens with zero attached hydrogens (tertiary/aromatic N) is 2. The summed E-state index contributed by atoms with van der Waals surface area (Å²) in [4.78, 5) is 28.4. The summed E-state index contributed by atoms with van der Waals surface area (Å²) in [6.07, 6.45) is 0. The van der Waals surface area contributed by atoms with Crippen LogP contribution < -0.4 is 19.1 Å². The van der Waals surface area contributed by atoms with Gasteiger partial charge in [-0.3, -0.25) is 13.9 Å². The fourth-order valence-electron chi connectivity index (χ4n) is 4.13. The molecule has 3 rings (SSSR count). The number of hydrogen-bond donors (Lipinski definition) is 1. The Kier molecular flexibility index (Phi) is 10.6. The van der Waals surface area contributed by atoms with Crippen LogP contribution in [0.25, 0.3) is 0 Å². The van der Waals surface area contributed by atoms with Gasteiger partial charge in [0.1, 0.15) is 24.1 Å². The molecule has 0 saturated heterocycles. The molecule has 0 radical (unpaired) electrons. The van der Waals surface area contributed by atoms with Gasteiger partial charge in [0.2, 0.25) is 11.8 Å². The maximum atomic E-state index is 14.0. The number of anilines is 1. The van der Waals surface area contributed by atoms with E-state index < -0.39 is 28.5 Å². The lowest BCUT2D eigenvalue weighted by Gasteiger charge is -2.32. The Hall–Kier alpha value is -3.76. The molecule has 0 heterocycles. The van der Waals surface area contributed by atoms with Crippen molar-refractivity contribution in [3.63, 3.8) is 0 Å². The van der Waals surface area contributed by atoms with E-state index in [1.165, 1.54) is 49.5 Å². The maximum Gasteiger partial charge on any atom is 0.264 e. The molecule has 220 valence electrons. The van der Waals surface area contributed by atoms with E-state index in [2.05, 4.69) is 5.32 Å². The molecule has 3 aromatic carbocycles. The van der Waals surface area contributed by atoms with Gasteiger partial charge >= 0.3 is 0 Å². The van der Waals surface area contributed by atoms with Crippen LogP contribution in [-0.2, 0) is 26.2 Å². The first-order valence-electron chi connectivity index (χ1n) is 13.0. The summed E-state index contributed by atoms with van der Waals surface area (Å²) >= 11 is 6.36. The second-order valence-electron chi connectivity index (χ2n) is 9.86. The smallest absolute Gasteiger partial charge is 0.264 e. The molecule has 0 aliphatic heterocycles. The quantitative estimate of drug-likeness (QED) is 0.320. The summed E-state index contributed by atoms with van der Waals surface area (Å²) in [7, 11) is -1.23. The number of amides is 2. The van der Waals surface area contributed by atoms with Crippen LogP contribution in [0.2, 0.25) is 5.02 Å². The van der Waals surface area contributed by atoms with Crippen LogP contribution >= 0.6 is 11.6 Å². The average molecular weight is 602 g/mol. The Morgan fingerprint density at radius 1 is 0.951 bits per heavy atom. The summed E-state index contributed by atoms with van der Waals surface area (Å²) < 4.78 is 39.4. The van der Waals surface area contributed by atoms with E-state index in [9.17, 15) is 18.0 Å². The molecule has 0 spiro atoms.